The van der Waals surface area contributed by atoms with Crippen LogP contribution in [0.15, 0.2) is 6.33 Å². The maximum absolute atomic E-state index is 11.8. The predicted molar refractivity (Wildman–Crippen MR) is 87.6 cm³/mol. The first-order valence-corrected chi connectivity index (χ1v) is 8.27. The van der Waals surface area contributed by atoms with E-state index in [2.05, 4.69) is 41.5 Å². The molecule has 1 aliphatic carbocycles. The number of aromatic nitrogens is 3. The molecular weight excluding hydrogens is 294 g/mol. The van der Waals surface area contributed by atoms with Crippen molar-refractivity contribution in [2.45, 2.75) is 58.6 Å². The number of aryl methyl sites for hydroxylation is 1. The van der Waals surface area contributed by atoms with Crippen molar-refractivity contribution in [2.24, 2.45) is 18.4 Å². The Labute approximate surface area is 137 Å². The zero-order chi connectivity index (χ0) is 17.1. The summed E-state index contributed by atoms with van der Waals surface area (Å²) in [5, 5.41) is 20.2. The minimum absolute atomic E-state index is 0.275. The van der Waals surface area contributed by atoms with Gasteiger partial charge in [-0.1, -0.05) is 20.8 Å². The molecule has 0 aromatic carbocycles. The fourth-order valence-electron chi connectivity index (χ4n) is 3.13. The molecule has 2 rings (SSSR count). The number of amides is 2. The standard InChI is InChI=1S/C16H29N5O2/c1-15(2,3)12-5-7-16(23,8-6-12)10-18-14(22)17-9-13-19-11-21(4)20-13/h11-12,23H,5-10H2,1-4H3,(H2,17,18,22). The van der Waals surface area contributed by atoms with Crippen molar-refractivity contribution < 1.29 is 9.90 Å². The third-order valence-electron chi connectivity index (χ3n) is 4.77. The molecule has 0 unspecified atom stereocenters. The number of aliphatic hydroxyl groups is 1. The van der Waals surface area contributed by atoms with Crippen LogP contribution in [0.4, 0.5) is 4.79 Å². The van der Waals surface area contributed by atoms with Gasteiger partial charge in [0.15, 0.2) is 5.82 Å². The average Bonchev–Trinajstić information content (AvgIpc) is 2.88. The highest BCUT2D eigenvalue weighted by Crippen LogP contribution is 2.41. The van der Waals surface area contributed by atoms with Gasteiger partial charge in [0, 0.05) is 13.6 Å². The maximum atomic E-state index is 11.8. The lowest BCUT2D eigenvalue weighted by Gasteiger charge is -2.41. The summed E-state index contributed by atoms with van der Waals surface area (Å²) in [4.78, 5) is 15.9. The van der Waals surface area contributed by atoms with Gasteiger partial charge < -0.3 is 15.7 Å². The van der Waals surface area contributed by atoms with E-state index in [1.54, 1.807) is 18.1 Å². The molecule has 1 aromatic heterocycles. The van der Waals surface area contributed by atoms with Crippen molar-refractivity contribution in [1.29, 1.82) is 0 Å². The molecule has 1 heterocycles. The zero-order valence-electron chi connectivity index (χ0n) is 14.6. The van der Waals surface area contributed by atoms with Crippen LogP contribution >= 0.6 is 0 Å². The highest BCUT2D eigenvalue weighted by Gasteiger charge is 2.37. The maximum Gasteiger partial charge on any atom is 0.315 e. The number of carbonyl (C=O) groups excluding carboxylic acids is 1. The van der Waals surface area contributed by atoms with Gasteiger partial charge in [0.2, 0.25) is 0 Å². The second-order valence-corrected chi connectivity index (χ2v) is 7.74. The van der Waals surface area contributed by atoms with Gasteiger partial charge >= 0.3 is 6.03 Å². The fraction of sp³-hybridized carbons (Fsp3) is 0.812. The Morgan fingerprint density at radius 3 is 2.57 bits per heavy atom. The summed E-state index contributed by atoms with van der Waals surface area (Å²) >= 11 is 0. The lowest BCUT2D eigenvalue weighted by atomic mass is 9.68. The minimum Gasteiger partial charge on any atom is -0.388 e. The lowest BCUT2D eigenvalue weighted by molar-refractivity contribution is -0.0218. The van der Waals surface area contributed by atoms with Crippen LogP contribution in [0.3, 0.4) is 0 Å². The fourth-order valence-corrected chi connectivity index (χ4v) is 3.13. The molecule has 23 heavy (non-hydrogen) atoms. The second kappa shape index (κ2) is 6.86. The average molecular weight is 323 g/mol. The van der Waals surface area contributed by atoms with Crippen molar-refractivity contribution >= 4 is 6.03 Å². The van der Waals surface area contributed by atoms with E-state index in [0.717, 1.165) is 25.7 Å². The van der Waals surface area contributed by atoms with Crippen molar-refractivity contribution in [3.05, 3.63) is 12.2 Å². The Hall–Kier alpha value is -1.63. The molecule has 1 aliphatic rings. The van der Waals surface area contributed by atoms with Crippen molar-refractivity contribution in [1.82, 2.24) is 25.4 Å². The highest BCUT2D eigenvalue weighted by molar-refractivity contribution is 5.73. The number of hydrogen-bond donors (Lipinski definition) is 3. The topological polar surface area (TPSA) is 92.1 Å². The Balaban J connectivity index is 1.71. The summed E-state index contributed by atoms with van der Waals surface area (Å²) in [6.07, 6.45) is 5.06. The summed E-state index contributed by atoms with van der Waals surface area (Å²) in [7, 11) is 1.78. The molecule has 2 amide bonds. The molecule has 1 aromatic rings. The highest BCUT2D eigenvalue weighted by atomic mass is 16.3. The van der Waals surface area contributed by atoms with Crippen LogP contribution < -0.4 is 10.6 Å². The summed E-state index contributed by atoms with van der Waals surface area (Å²) in [5.74, 6) is 1.19. The van der Waals surface area contributed by atoms with E-state index in [1.807, 2.05) is 0 Å². The quantitative estimate of drug-likeness (QED) is 0.784. The van der Waals surface area contributed by atoms with Gasteiger partial charge in [0.05, 0.1) is 12.1 Å². The number of carbonyl (C=O) groups is 1. The molecule has 0 bridgehead atoms. The normalized spacial score (nSPS) is 25.2. The monoisotopic (exact) mass is 323 g/mol. The van der Waals surface area contributed by atoms with Gasteiger partial charge in [-0.05, 0) is 37.0 Å². The molecule has 0 saturated heterocycles. The van der Waals surface area contributed by atoms with Gasteiger partial charge in [-0.3, -0.25) is 4.68 Å². The van der Waals surface area contributed by atoms with Crippen molar-refractivity contribution in [3.63, 3.8) is 0 Å². The van der Waals surface area contributed by atoms with Crippen LogP contribution in [0, 0.1) is 11.3 Å². The van der Waals surface area contributed by atoms with E-state index in [4.69, 9.17) is 0 Å². The SMILES string of the molecule is Cn1cnc(CNC(=O)NCC2(O)CCC(C(C)(C)C)CC2)n1. The summed E-state index contributed by atoms with van der Waals surface area (Å²) in [6, 6.07) is -0.302. The number of nitrogens with zero attached hydrogens (tertiary/aromatic N) is 3. The summed E-state index contributed by atoms with van der Waals surface area (Å²) < 4.78 is 1.59. The summed E-state index contributed by atoms with van der Waals surface area (Å²) in [6.45, 7) is 7.31. The molecule has 0 aliphatic heterocycles. The molecular formula is C16H29N5O2. The van der Waals surface area contributed by atoms with Gasteiger partial charge in [0.25, 0.3) is 0 Å². The molecule has 1 fully saturated rings. The molecule has 7 nitrogen and oxygen atoms in total. The largest absolute Gasteiger partial charge is 0.388 e. The Morgan fingerprint density at radius 1 is 1.39 bits per heavy atom. The first-order chi connectivity index (χ1) is 10.7. The van der Waals surface area contributed by atoms with Crippen LogP contribution in [0.2, 0.25) is 0 Å². The van der Waals surface area contributed by atoms with Gasteiger partial charge in [-0.15, -0.1) is 0 Å². The number of nitrogens with one attached hydrogen (secondary N) is 2. The van der Waals surface area contributed by atoms with E-state index in [1.165, 1.54) is 0 Å². The molecule has 0 spiro atoms. The van der Waals surface area contributed by atoms with Crippen LogP contribution in [0.5, 0.6) is 0 Å². The van der Waals surface area contributed by atoms with E-state index in [9.17, 15) is 9.90 Å². The smallest absolute Gasteiger partial charge is 0.315 e. The first-order valence-electron chi connectivity index (χ1n) is 8.27. The van der Waals surface area contributed by atoms with Gasteiger partial charge in [0.1, 0.15) is 6.33 Å². The molecule has 1 saturated carbocycles. The molecule has 0 radical (unpaired) electrons. The van der Waals surface area contributed by atoms with E-state index in [0.29, 0.717) is 11.7 Å². The van der Waals surface area contributed by atoms with Gasteiger partial charge in [-0.2, -0.15) is 5.10 Å². The first kappa shape index (κ1) is 17.7. The van der Waals surface area contributed by atoms with Crippen molar-refractivity contribution in [3.8, 4) is 0 Å². The number of hydrogen-bond acceptors (Lipinski definition) is 4. The predicted octanol–water partition coefficient (Wildman–Crippen LogP) is 1.58. The zero-order valence-corrected chi connectivity index (χ0v) is 14.6. The molecule has 0 atom stereocenters. The Morgan fingerprint density at radius 2 is 2.04 bits per heavy atom. The second-order valence-electron chi connectivity index (χ2n) is 7.74. The molecule has 7 heteroatoms. The van der Waals surface area contributed by atoms with Crippen LogP contribution in [-0.2, 0) is 13.6 Å². The third kappa shape index (κ3) is 5.20. The van der Waals surface area contributed by atoms with E-state index >= 15 is 0 Å². The number of rotatable bonds is 4. The third-order valence-corrected chi connectivity index (χ3v) is 4.77. The summed E-state index contributed by atoms with van der Waals surface area (Å²) in [5.41, 5.74) is -0.510. The van der Waals surface area contributed by atoms with Crippen LogP contribution in [-0.4, -0.2) is 38.0 Å². The minimum atomic E-state index is -0.789. The van der Waals surface area contributed by atoms with E-state index < -0.39 is 5.60 Å². The van der Waals surface area contributed by atoms with Gasteiger partial charge in [-0.25, -0.2) is 9.78 Å². The van der Waals surface area contributed by atoms with Crippen LogP contribution in [0.1, 0.15) is 52.3 Å². The number of urea groups is 1. The van der Waals surface area contributed by atoms with Crippen LogP contribution in [0.25, 0.3) is 0 Å². The van der Waals surface area contributed by atoms with E-state index in [-0.39, 0.29) is 24.5 Å². The van der Waals surface area contributed by atoms with Crippen molar-refractivity contribution in [2.75, 3.05) is 6.54 Å². The lowest BCUT2D eigenvalue weighted by Crippen LogP contribution is -2.48. The Kier molecular flexibility index (Phi) is 5.29. The molecule has 130 valence electrons. The molecule has 3 N–H and O–H groups in total. The Bertz CT molecular complexity index is 527.